The molecule has 0 rings (SSSR count). The average molecular weight is 1070 g/mol. The fourth-order valence-corrected chi connectivity index (χ4v) is 4.98. The maximum atomic E-state index is 11.5. The Bertz CT molecular complexity index is 1100. The molecule has 0 saturated heterocycles. The molecule has 0 heterocycles. The third-order valence-electron chi connectivity index (χ3n) is 8.44. The third-order valence-corrected chi connectivity index (χ3v) is 8.44. The van der Waals surface area contributed by atoms with Gasteiger partial charge in [0.1, 0.15) is 5.60 Å². The van der Waals surface area contributed by atoms with Gasteiger partial charge in [0, 0.05) is 6.54 Å². The van der Waals surface area contributed by atoms with E-state index in [1.165, 1.54) is 0 Å². The van der Waals surface area contributed by atoms with Crippen molar-refractivity contribution in [2.75, 3.05) is 271 Å². The molecule has 0 aliphatic carbocycles. The van der Waals surface area contributed by atoms with E-state index in [1.54, 1.807) is 0 Å². The maximum Gasteiger partial charge on any atom is 0.407 e. The molecule has 0 aliphatic rings. The third kappa shape index (κ3) is 67.9. The van der Waals surface area contributed by atoms with E-state index >= 15 is 0 Å². The largest absolute Gasteiger partial charge is 0.481 e. The van der Waals surface area contributed by atoms with Crippen LogP contribution in [0.3, 0.4) is 0 Å². The monoisotopic (exact) mass is 1070 g/mol. The van der Waals surface area contributed by atoms with Crippen LogP contribution in [0.15, 0.2) is 0 Å². The van der Waals surface area contributed by atoms with Gasteiger partial charge in [0.05, 0.1) is 271 Å². The van der Waals surface area contributed by atoms with Gasteiger partial charge in [-0.15, -0.1) is 0 Å². The van der Waals surface area contributed by atoms with E-state index in [4.69, 9.17) is 105 Å². The maximum absolute atomic E-state index is 11.5. The smallest absolute Gasteiger partial charge is 0.407 e. The first kappa shape index (κ1) is 70.9. The van der Waals surface area contributed by atoms with Gasteiger partial charge in [0.2, 0.25) is 0 Å². The number of amides is 1. The zero-order chi connectivity index (χ0) is 52.9. The quantitative estimate of drug-likeness (QED) is 0.0814. The van der Waals surface area contributed by atoms with Crippen LogP contribution < -0.4 is 5.32 Å². The van der Waals surface area contributed by atoms with Crippen molar-refractivity contribution in [2.45, 2.75) is 32.8 Å². The molecule has 0 aromatic carbocycles. The lowest BCUT2D eigenvalue weighted by atomic mass is 10.2. The summed E-state index contributed by atoms with van der Waals surface area (Å²) >= 11 is 0. The molecule has 0 aromatic rings. The summed E-state index contributed by atoms with van der Waals surface area (Å²) in [6, 6.07) is 0. The molecule has 0 atom stereocenters. The number of rotatable bonds is 63. The number of aliphatic carboxylic acids is 1. The standard InChI is InChI=1S/C48H95NO24/c1-48(2,3)73-47(52)49-5-7-54-9-11-56-13-15-58-17-19-60-21-23-62-25-27-64-29-31-66-33-35-68-37-39-70-41-43-72-45-44-71-42-40-69-38-36-67-34-32-65-30-28-63-26-24-61-22-20-59-18-16-57-14-12-55-10-8-53-6-4-46(50)51/h4-45H2,1-3H3,(H,49,52)(H,50,51). The van der Waals surface area contributed by atoms with Crippen molar-refractivity contribution >= 4 is 12.1 Å². The van der Waals surface area contributed by atoms with Crippen LogP contribution in [0.4, 0.5) is 4.79 Å². The second kappa shape index (κ2) is 60.8. The van der Waals surface area contributed by atoms with E-state index in [1.807, 2.05) is 20.8 Å². The molecule has 2 N–H and O–H groups in total. The van der Waals surface area contributed by atoms with E-state index in [0.717, 1.165) is 0 Å². The number of ether oxygens (including phenoxy) is 21. The fourth-order valence-electron chi connectivity index (χ4n) is 4.98. The highest BCUT2D eigenvalue weighted by molar-refractivity contribution is 5.67. The number of hydrogen-bond acceptors (Lipinski definition) is 23. The molecule has 0 spiro atoms. The van der Waals surface area contributed by atoms with Gasteiger partial charge in [-0.05, 0) is 20.8 Å². The van der Waals surface area contributed by atoms with Crippen molar-refractivity contribution in [3.8, 4) is 0 Å². The SMILES string of the molecule is CC(C)(C)OC(=O)NCCOCCOCCOCCOCCOCCOCCOCCOCCOCCOCCOCCOCCOCCOCCOCCOCCOCCOCCOCCOCCC(=O)O. The van der Waals surface area contributed by atoms with Gasteiger partial charge in [0.15, 0.2) is 0 Å². The van der Waals surface area contributed by atoms with E-state index in [9.17, 15) is 9.59 Å². The predicted molar refractivity (Wildman–Crippen MR) is 263 cm³/mol. The summed E-state index contributed by atoms with van der Waals surface area (Å²) in [5.74, 6) is -0.880. The molecular formula is C48H95NO24. The fraction of sp³-hybridized carbons (Fsp3) is 0.958. The van der Waals surface area contributed by atoms with Crippen LogP contribution in [0.1, 0.15) is 27.2 Å². The summed E-state index contributed by atoms with van der Waals surface area (Å²) < 4.78 is 114. The Kier molecular flexibility index (Phi) is 59.1. The number of nitrogens with one attached hydrogen (secondary N) is 1. The molecule has 1 amide bonds. The zero-order valence-electron chi connectivity index (χ0n) is 44.5. The van der Waals surface area contributed by atoms with Crippen molar-refractivity contribution in [1.29, 1.82) is 0 Å². The van der Waals surface area contributed by atoms with Crippen LogP contribution in [0, 0.1) is 0 Å². The molecule has 0 fully saturated rings. The number of carbonyl (C=O) groups excluding carboxylic acids is 1. The van der Waals surface area contributed by atoms with Crippen LogP contribution in [0.2, 0.25) is 0 Å². The van der Waals surface area contributed by atoms with E-state index < -0.39 is 17.7 Å². The average Bonchev–Trinajstić information content (AvgIpc) is 3.36. The van der Waals surface area contributed by atoms with Crippen molar-refractivity contribution < 1.29 is 114 Å². The molecule has 25 nitrogen and oxygen atoms in total. The lowest BCUT2D eigenvalue weighted by Gasteiger charge is -2.19. The molecule has 73 heavy (non-hydrogen) atoms. The number of hydrogen-bond donors (Lipinski definition) is 2. The number of carboxylic acid groups (broad SMARTS) is 1. The summed E-state index contributed by atoms with van der Waals surface area (Å²) in [6.45, 7) is 24.1. The van der Waals surface area contributed by atoms with Gasteiger partial charge in [-0.3, -0.25) is 4.79 Å². The van der Waals surface area contributed by atoms with Crippen LogP contribution >= 0.6 is 0 Å². The van der Waals surface area contributed by atoms with Gasteiger partial charge in [-0.2, -0.15) is 0 Å². The minimum Gasteiger partial charge on any atom is -0.481 e. The summed E-state index contributed by atoms with van der Waals surface area (Å²) in [5.41, 5.74) is -0.521. The highest BCUT2D eigenvalue weighted by Crippen LogP contribution is 2.06. The van der Waals surface area contributed by atoms with Crippen LogP contribution in [0.25, 0.3) is 0 Å². The van der Waals surface area contributed by atoms with Crippen molar-refractivity contribution in [1.82, 2.24) is 5.32 Å². The van der Waals surface area contributed by atoms with E-state index in [-0.39, 0.29) is 13.0 Å². The van der Waals surface area contributed by atoms with E-state index in [2.05, 4.69) is 5.32 Å². The molecule has 0 aromatic heterocycles. The molecule has 0 aliphatic heterocycles. The summed E-state index contributed by atoms with van der Waals surface area (Å²) in [6.07, 6.45) is -0.469. The molecule has 0 unspecified atom stereocenters. The van der Waals surface area contributed by atoms with Gasteiger partial charge < -0.3 is 110 Å². The molecule has 0 saturated carbocycles. The van der Waals surface area contributed by atoms with Gasteiger partial charge >= 0.3 is 12.1 Å². The summed E-state index contributed by atoms with van der Waals surface area (Å²) in [5, 5.41) is 11.1. The summed E-state index contributed by atoms with van der Waals surface area (Å²) in [7, 11) is 0. The predicted octanol–water partition coefficient (Wildman–Crippen LogP) is 1.32. The minimum atomic E-state index is -0.880. The molecule has 436 valence electrons. The highest BCUT2D eigenvalue weighted by Gasteiger charge is 2.15. The molecule has 25 heteroatoms. The highest BCUT2D eigenvalue weighted by atomic mass is 16.6. The first-order valence-corrected chi connectivity index (χ1v) is 25.5. The topological polar surface area (TPSA) is 260 Å². The van der Waals surface area contributed by atoms with Crippen LogP contribution in [-0.4, -0.2) is 294 Å². The normalized spacial score (nSPS) is 11.8. The van der Waals surface area contributed by atoms with Gasteiger partial charge in [-0.25, -0.2) is 4.79 Å². The van der Waals surface area contributed by atoms with Crippen LogP contribution in [0.5, 0.6) is 0 Å². The Morgan fingerprint density at radius 3 is 0.575 bits per heavy atom. The lowest BCUT2D eigenvalue weighted by molar-refractivity contribution is -0.138. The van der Waals surface area contributed by atoms with Crippen molar-refractivity contribution in [3.63, 3.8) is 0 Å². The Labute approximate surface area is 434 Å². The Hall–Kier alpha value is -2.06. The number of alkyl carbamates (subject to hydrolysis) is 1. The van der Waals surface area contributed by atoms with E-state index in [0.29, 0.717) is 264 Å². The number of carboxylic acids is 1. The first-order valence-electron chi connectivity index (χ1n) is 25.5. The number of carbonyl (C=O) groups is 2. The molecule has 0 radical (unpaired) electrons. The Morgan fingerprint density at radius 1 is 0.274 bits per heavy atom. The first-order chi connectivity index (χ1) is 35.8. The van der Waals surface area contributed by atoms with Crippen molar-refractivity contribution in [2.24, 2.45) is 0 Å². The van der Waals surface area contributed by atoms with Gasteiger partial charge in [-0.1, -0.05) is 0 Å². The lowest BCUT2D eigenvalue weighted by Crippen LogP contribution is -2.34. The second-order valence-electron chi connectivity index (χ2n) is 15.8. The Balaban J connectivity index is 3.10. The van der Waals surface area contributed by atoms with Crippen LogP contribution in [-0.2, 0) is 104 Å². The van der Waals surface area contributed by atoms with Gasteiger partial charge in [0.25, 0.3) is 0 Å². The minimum absolute atomic E-state index is 0.00983. The Morgan fingerprint density at radius 2 is 0.425 bits per heavy atom. The van der Waals surface area contributed by atoms with Crippen molar-refractivity contribution in [3.05, 3.63) is 0 Å². The molecule has 0 bridgehead atoms. The molecular weight excluding hydrogens is 975 g/mol. The second-order valence-corrected chi connectivity index (χ2v) is 15.8. The summed E-state index contributed by atoms with van der Waals surface area (Å²) in [4.78, 5) is 21.9. The zero-order valence-corrected chi connectivity index (χ0v) is 44.5.